The summed E-state index contributed by atoms with van der Waals surface area (Å²) in [5.74, 6) is 5.94. The van der Waals surface area contributed by atoms with Crippen LogP contribution >= 0.6 is 0 Å². The monoisotopic (exact) mass is 156 g/mol. The first-order valence-corrected chi connectivity index (χ1v) is 4.38. The van der Waals surface area contributed by atoms with E-state index in [0.717, 1.165) is 24.9 Å². The van der Waals surface area contributed by atoms with Gasteiger partial charge in [-0.2, -0.15) is 0 Å². The fraction of sp³-hybridized carbons (Fsp3) is 1.00. The fourth-order valence-corrected chi connectivity index (χ4v) is 2.37. The summed E-state index contributed by atoms with van der Waals surface area (Å²) in [5.41, 5.74) is 0. The molecular formula is C8H16N2O. The Morgan fingerprint density at radius 3 is 2.73 bits per heavy atom. The van der Waals surface area contributed by atoms with Crippen molar-refractivity contribution in [3.63, 3.8) is 0 Å². The van der Waals surface area contributed by atoms with Crippen molar-refractivity contribution in [2.75, 3.05) is 13.6 Å². The lowest BCUT2D eigenvalue weighted by molar-refractivity contribution is -0.0955. The van der Waals surface area contributed by atoms with Gasteiger partial charge in [-0.1, -0.05) is 0 Å². The van der Waals surface area contributed by atoms with Crippen molar-refractivity contribution in [2.45, 2.75) is 31.4 Å². The van der Waals surface area contributed by atoms with Gasteiger partial charge >= 0.3 is 0 Å². The minimum absolute atomic E-state index is 0.338. The van der Waals surface area contributed by atoms with Crippen LogP contribution in [0.15, 0.2) is 0 Å². The summed E-state index contributed by atoms with van der Waals surface area (Å²) in [6, 6.07) is 0.761. The van der Waals surface area contributed by atoms with Gasteiger partial charge in [0.25, 0.3) is 0 Å². The summed E-state index contributed by atoms with van der Waals surface area (Å²) in [4.78, 5) is 7.38. The molecular weight excluding hydrogens is 140 g/mol. The highest BCUT2D eigenvalue weighted by atomic mass is 16.6. The van der Waals surface area contributed by atoms with Gasteiger partial charge < -0.3 is 9.74 Å². The second-order valence-corrected chi connectivity index (χ2v) is 3.75. The van der Waals surface area contributed by atoms with E-state index in [1.54, 1.807) is 0 Å². The van der Waals surface area contributed by atoms with Gasteiger partial charge in [0.2, 0.25) is 0 Å². The molecule has 2 aliphatic rings. The first kappa shape index (κ1) is 7.53. The molecule has 1 saturated heterocycles. The van der Waals surface area contributed by atoms with E-state index in [1.807, 2.05) is 0 Å². The van der Waals surface area contributed by atoms with Gasteiger partial charge in [0.1, 0.15) is 0 Å². The first-order chi connectivity index (χ1) is 5.33. The zero-order valence-electron chi connectivity index (χ0n) is 6.99. The van der Waals surface area contributed by atoms with Crippen molar-refractivity contribution >= 4 is 0 Å². The normalized spacial score (nSPS) is 44.7. The Bertz CT molecular complexity index is 147. The van der Waals surface area contributed by atoms with E-state index >= 15 is 0 Å². The average molecular weight is 156 g/mol. The number of likely N-dealkylation sites (tertiary alicyclic amines) is 1. The van der Waals surface area contributed by atoms with Crippen LogP contribution in [-0.4, -0.2) is 30.6 Å². The molecule has 0 aromatic carbocycles. The molecule has 0 radical (unpaired) electrons. The Morgan fingerprint density at radius 1 is 1.36 bits per heavy atom. The largest absolute Gasteiger partial charge is 0.303 e. The quantitative estimate of drug-likeness (QED) is 0.557. The van der Waals surface area contributed by atoms with E-state index in [4.69, 9.17) is 10.7 Å². The second-order valence-electron chi connectivity index (χ2n) is 3.75. The van der Waals surface area contributed by atoms with E-state index in [2.05, 4.69) is 11.9 Å². The van der Waals surface area contributed by atoms with E-state index in [-0.39, 0.29) is 0 Å². The third kappa shape index (κ3) is 1.08. The number of hydrogen-bond acceptors (Lipinski definition) is 3. The Kier molecular flexibility index (Phi) is 1.87. The van der Waals surface area contributed by atoms with Gasteiger partial charge in [-0.25, -0.2) is 5.90 Å². The first-order valence-electron chi connectivity index (χ1n) is 4.38. The van der Waals surface area contributed by atoms with Crippen molar-refractivity contribution in [2.24, 2.45) is 11.8 Å². The van der Waals surface area contributed by atoms with Gasteiger partial charge in [0, 0.05) is 18.5 Å². The van der Waals surface area contributed by atoms with Crippen LogP contribution < -0.4 is 5.90 Å². The molecule has 0 aromatic rings. The van der Waals surface area contributed by atoms with Gasteiger partial charge in [-0.3, -0.25) is 0 Å². The van der Waals surface area contributed by atoms with Gasteiger partial charge in [-0.05, 0) is 26.3 Å². The van der Waals surface area contributed by atoms with Crippen molar-refractivity contribution in [3.05, 3.63) is 0 Å². The smallest absolute Gasteiger partial charge is 0.0842 e. The molecule has 2 fully saturated rings. The molecule has 3 atom stereocenters. The molecule has 3 nitrogen and oxygen atoms in total. The second kappa shape index (κ2) is 2.73. The summed E-state index contributed by atoms with van der Waals surface area (Å²) in [6.07, 6.45) is 4.08. The van der Waals surface area contributed by atoms with Crippen molar-refractivity contribution in [3.8, 4) is 0 Å². The lowest BCUT2D eigenvalue weighted by atomic mass is 9.72. The molecule has 0 amide bonds. The Morgan fingerprint density at radius 2 is 2.18 bits per heavy atom. The van der Waals surface area contributed by atoms with Crippen LogP contribution in [0.5, 0.6) is 0 Å². The molecule has 2 N–H and O–H groups in total. The zero-order chi connectivity index (χ0) is 7.84. The Labute approximate surface area is 67.4 Å². The highest BCUT2D eigenvalue weighted by molar-refractivity contribution is 4.96. The molecule has 1 aliphatic heterocycles. The van der Waals surface area contributed by atoms with Crippen molar-refractivity contribution in [1.29, 1.82) is 0 Å². The average Bonchev–Trinajstić information content (AvgIpc) is 1.93. The Balaban J connectivity index is 1.99. The molecule has 11 heavy (non-hydrogen) atoms. The maximum absolute atomic E-state index is 5.22. The van der Waals surface area contributed by atoms with Crippen molar-refractivity contribution in [1.82, 2.24) is 4.90 Å². The summed E-state index contributed by atoms with van der Waals surface area (Å²) in [7, 11) is 2.20. The molecule has 3 heteroatoms. The zero-order valence-corrected chi connectivity index (χ0v) is 6.99. The van der Waals surface area contributed by atoms with Gasteiger partial charge in [0.05, 0.1) is 6.10 Å². The molecule has 0 spiro atoms. The number of piperidine rings is 1. The predicted molar refractivity (Wildman–Crippen MR) is 42.8 cm³/mol. The number of hydrogen-bond donors (Lipinski definition) is 1. The van der Waals surface area contributed by atoms with Crippen molar-refractivity contribution < 1.29 is 4.84 Å². The fourth-order valence-electron chi connectivity index (χ4n) is 2.37. The number of rotatable bonds is 1. The molecule has 64 valence electrons. The SMILES string of the molecule is CN1CCC(ON)C2CCC21. The maximum Gasteiger partial charge on any atom is 0.0842 e. The summed E-state index contributed by atoms with van der Waals surface area (Å²) in [5, 5.41) is 0. The predicted octanol–water partition coefficient (Wildman–Crippen LogP) is 0.359. The number of nitrogens with two attached hydrogens (primary N) is 1. The van der Waals surface area contributed by atoms with Gasteiger partial charge in [0.15, 0.2) is 0 Å². The van der Waals surface area contributed by atoms with E-state index in [0.29, 0.717) is 6.10 Å². The van der Waals surface area contributed by atoms with Crippen LogP contribution in [0.3, 0.4) is 0 Å². The highest BCUT2D eigenvalue weighted by Gasteiger charge is 2.42. The van der Waals surface area contributed by atoms with E-state index < -0.39 is 0 Å². The number of nitrogens with zero attached hydrogens (tertiary/aromatic N) is 1. The minimum Gasteiger partial charge on any atom is -0.303 e. The lowest BCUT2D eigenvalue weighted by Crippen LogP contribution is -2.56. The maximum atomic E-state index is 5.22. The molecule has 1 heterocycles. The highest BCUT2D eigenvalue weighted by Crippen LogP contribution is 2.39. The van der Waals surface area contributed by atoms with Crippen LogP contribution in [0.25, 0.3) is 0 Å². The number of fused-ring (bicyclic) bond motifs is 1. The summed E-state index contributed by atoms with van der Waals surface area (Å²) < 4.78 is 0. The molecule has 3 unspecified atom stereocenters. The Hall–Kier alpha value is -0.120. The van der Waals surface area contributed by atoms with Crippen LogP contribution in [0.2, 0.25) is 0 Å². The van der Waals surface area contributed by atoms with Crippen LogP contribution in [-0.2, 0) is 4.84 Å². The molecule has 2 rings (SSSR count). The van der Waals surface area contributed by atoms with Gasteiger partial charge in [-0.15, -0.1) is 0 Å². The topological polar surface area (TPSA) is 38.5 Å². The molecule has 1 aliphatic carbocycles. The third-order valence-corrected chi connectivity index (χ3v) is 3.27. The van der Waals surface area contributed by atoms with E-state index in [9.17, 15) is 0 Å². The minimum atomic E-state index is 0.338. The molecule has 0 aromatic heterocycles. The third-order valence-electron chi connectivity index (χ3n) is 3.27. The van der Waals surface area contributed by atoms with Crippen LogP contribution in [0, 0.1) is 5.92 Å². The summed E-state index contributed by atoms with van der Waals surface area (Å²) >= 11 is 0. The van der Waals surface area contributed by atoms with Crippen LogP contribution in [0.1, 0.15) is 19.3 Å². The van der Waals surface area contributed by atoms with Crippen LogP contribution in [0.4, 0.5) is 0 Å². The lowest BCUT2D eigenvalue weighted by Gasteiger charge is -2.50. The van der Waals surface area contributed by atoms with E-state index in [1.165, 1.54) is 12.8 Å². The molecule has 0 bridgehead atoms. The molecule has 1 saturated carbocycles. The summed E-state index contributed by atoms with van der Waals surface area (Å²) in [6.45, 7) is 1.14. The standard InChI is InChI=1S/C8H16N2O/c1-10-5-4-8(11-9)6-2-3-7(6)10/h6-8H,2-5,9H2,1H3.